The van der Waals surface area contributed by atoms with E-state index in [1.807, 2.05) is 36.5 Å². The Morgan fingerprint density at radius 1 is 1.39 bits per heavy atom. The van der Waals surface area contributed by atoms with Crippen LogP contribution in [-0.4, -0.2) is 15.9 Å². The number of quaternary nitrogens is 1. The highest BCUT2D eigenvalue weighted by molar-refractivity contribution is 7.10. The quantitative estimate of drug-likeness (QED) is 0.779. The Morgan fingerprint density at radius 3 is 3.13 bits per heavy atom. The van der Waals surface area contributed by atoms with Crippen LogP contribution in [0, 0.1) is 6.92 Å². The molecule has 3 aromatic heterocycles. The van der Waals surface area contributed by atoms with Crippen LogP contribution in [0.3, 0.4) is 0 Å². The molecule has 0 saturated carbocycles. The molecular weight excluding hydrogens is 306 g/mol. The average molecular weight is 326 g/mol. The lowest BCUT2D eigenvalue weighted by Gasteiger charge is -2.30. The molecule has 23 heavy (non-hydrogen) atoms. The van der Waals surface area contributed by atoms with Crippen molar-refractivity contribution in [3.8, 4) is 0 Å². The molecule has 0 fully saturated rings. The van der Waals surface area contributed by atoms with E-state index < -0.39 is 0 Å². The molecule has 0 radical (unpaired) electrons. The molecule has 0 spiro atoms. The van der Waals surface area contributed by atoms with Crippen molar-refractivity contribution in [2.45, 2.75) is 32.9 Å². The summed E-state index contributed by atoms with van der Waals surface area (Å²) < 4.78 is 1.68. The SMILES string of the molecule is Cc1cccc2nc(C[NH+]3CCc4sccc4[C@H]3C)cc(=O)n12. The number of thiophene rings is 1. The second kappa shape index (κ2) is 5.58. The molecule has 5 heteroatoms. The minimum atomic E-state index is 0.0170. The van der Waals surface area contributed by atoms with Crippen molar-refractivity contribution in [2.75, 3.05) is 6.54 Å². The third-order valence-corrected chi connectivity index (χ3v) is 5.87. The van der Waals surface area contributed by atoms with Crippen molar-refractivity contribution >= 4 is 17.0 Å². The van der Waals surface area contributed by atoms with Crippen LogP contribution in [0.2, 0.25) is 0 Å². The Labute approximate surface area is 139 Å². The fourth-order valence-electron chi connectivity index (χ4n) is 3.58. The van der Waals surface area contributed by atoms with Gasteiger partial charge in [-0.15, -0.1) is 11.3 Å². The van der Waals surface area contributed by atoms with E-state index in [0.29, 0.717) is 6.04 Å². The lowest BCUT2D eigenvalue weighted by atomic mass is 10.0. The van der Waals surface area contributed by atoms with Gasteiger partial charge in [-0.3, -0.25) is 9.20 Å². The van der Waals surface area contributed by atoms with E-state index in [4.69, 9.17) is 4.98 Å². The van der Waals surface area contributed by atoms with E-state index in [1.165, 1.54) is 15.3 Å². The van der Waals surface area contributed by atoms with Crippen molar-refractivity contribution in [2.24, 2.45) is 0 Å². The van der Waals surface area contributed by atoms with Gasteiger partial charge in [0.2, 0.25) is 0 Å². The summed E-state index contributed by atoms with van der Waals surface area (Å²) in [6.45, 7) is 6.11. The number of aromatic nitrogens is 2. The van der Waals surface area contributed by atoms with Crippen molar-refractivity contribution in [3.63, 3.8) is 0 Å². The first-order valence-electron chi connectivity index (χ1n) is 8.02. The van der Waals surface area contributed by atoms with Crippen molar-refractivity contribution in [1.82, 2.24) is 9.38 Å². The summed E-state index contributed by atoms with van der Waals surface area (Å²) in [6, 6.07) is 10.2. The molecule has 1 unspecified atom stereocenters. The van der Waals surface area contributed by atoms with E-state index in [-0.39, 0.29) is 5.56 Å². The number of nitrogens with zero attached hydrogens (tertiary/aromatic N) is 2. The molecule has 0 bridgehead atoms. The lowest BCUT2D eigenvalue weighted by Crippen LogP contribution is -3.11. The standard InChI is InChI=1S/C18H19N3OS/c1-12-4-3-5-17-19-14(10-18(22)21(12)17)11-20-8-6-16-15(13(20)2)7-9-23-16/h3-5,7,9-10,13H,6,8,11H2,1-2H3/p+1/t13-/m1/s1. The summed E-state index contributed by atoms with van der Waals surface area (Å²) >= 11 is 1.86. The Balaban J connectivity index is 1.68. The van der Waals surface area contributed by atoms with Gasteiger partial charge in [0.05, 0.1) is 6.54 Å². The van der Waals surface area contributed by atoms with Crippen LogP contribution in [0.25, 0.3) is 5.65 Å². The Morgan fingerprint density at radius 2 is 2.26 bits per heavy atom. The van der Waals surface area contributed by atoms with E-state index >= 15 is 0 Å². The minimum absolute atomic E-state index is 0.0170. The average Bonchev–Trinajstić information content (AvgIpc) is 2.99. The van der Waals surface area contributed by atoms with Gasteiger partial charge in [-0.1, -0.05) is 6.07 Å². The maximum absolute atomic E-state index is 12.4. The lowest BCUT2D eigenvalue weighted by molar-refractivity contribution is -0.945. The molecule has 118 valence electrons. The Bertz CT molecular complexity index is 927. The summed E-state index contributed by atoms with van der Waals surface area (Å²) in [6.07, 6.45) is 1.12. The van der Waals surface area contributed by atoms with Gasteiger partial charge in [0.15, 0.2) is 0 Å². The number of nitrogens with one attached hydrogen (secondary N) is 1. The Kier molecular flexibility index (Phi) is 3.54. The van der Waals surface area contributed by atoms with Gasteiger partial charge >= 0.3 is 0 Å². The van der Waals surface area contributed by atoms with Crippen LogP contribution in [0.4, 0.5) is 0 Å². The van der Waals surface area contributed by atoms with Gasteiger partial charge in [-0.05, 0) is 37.4 Å². The van der Waals surface area contributed by atoms with Gasteiger partial charge in [-0.25, -0.2) is 4.98 Å². The van der Waals surface area contributed by atoms with Crippen LogP contribution >= 0.6 is 11.3 Å². The fourth-order valence-corrected chi connectivity index (χ4v) is 4.56. The zero-order valence-corrected chi connectivity index (χ0v) is 14.2. The number of fused-ring (bicyclic) bond motifs is 2. The second-order valence-electron chi connectivity index (χ2n) is 6.30. The van der Waals surface area contributed by atoms with Gasteiger partial charge < -0.3 is 4.90 Å². The fraction of sp³-hybridized carbons (Fsp3) is 0.333. The molecule has 0 amide bonds. The molecule has 2 atom stereocenters. The molecular formula is C18H20N3OS+. The van der Waals surface area contributed by atoms with E-state index in [2.05, 4.69) is 18.4 Å². The summed E-state index contributed by atoms with van der Waals surface area (Å²) in [7, 11) is 0. The zero-order valence-electron chi connectivity index (χ0n) is 13.4. The predicted octanol–water partition coefficient (Wildman–Crippen LogP) is 1.77. The van der Waals surface area contributed by atoms with E-state index in [9.17, 15) is 4.79 Å². The number of pyridine rings is 1. The highest BCUT2D eigenvalue weighted by Gasteiger charge is 2.28. The topological polar surface area (TPSA) is 38.8 Å². The molecule has 3 aromatic rings. The first-order chi connectivity index (χ1) is 11.1. The first-order valence-corrected chi connectivity index (χ1v) is 8.90. The third-order valence-electron chi connectivity index (χ3n) is 4.87. The largest absolute Gasteiger partial charge is 0.324 e. The van der Waals surface area contributed by atoms with Crippen LogP contribution < -0.4 is 10.5 Å². The minimum Gasteiger partial charge on any atom is -0.324 e. The Hall–Kier alpha value is -1.98. The second-order valence-corrected chi connectivity index (χ2v) is 7.30. The molecule has 1 aliphatic rings. The molecule has 0 saturated heterocycles. The summed E-state index contributed by atoms with van der Waals surface area (Å²) in [5, 5.41) is 2.19. The maximum atomic E-state index is 12.4. The predicted molar refractivity (Wildman–Crippen MR) is 92.2 cm³/mol. The maximum Gasteiger partial charge on any atom is 0.258 e. The number of hydrogen-bond donors (Lipinski definition) is 1. The monoisotopic (exact) mass is 326 g/mol. The molecule has 0 aromatic carbocycles. The normalized spacial score (nSPS) is 20.6. The highest BCUT2D eigenvalue weighted by Crippen LogP contribution is 2.24. The number of aryl methyl sites for hydroxylation is 1. The molecule has 1 N–H and O–H groups in total. The van der Waals surface area contributed by atoms with E-state index in [0.717, 1.165) is 36.5 Å². The molecule has 4 rings (SSSR count). The molecule has 1 aliphatic heterocycles. The smallest absolute Gasteiger partial charge is 0.258 e. The molecule has 0 aliphatic carbocycles. The first kappa shape index (κ1) is 14.6. The van der Waals surface area contributed by atoms with Gasteiger partial charge in [0, 0.05) is 28.6 Å². The van der Waals surface area contributed by atoms with Crippen LogP contribution in [0.15, 0.2) is 40.5 Å². The highest BCUT2D eigenvalue weighted by atomic mass is 32.1. The molecule has 4 heterocycles. The van der Waals surface area contributed by atoms with Gasteiger partial charge in [0.25, 0.3) is 5.56 Å². The van der Waals surface area contributed by atoms with Crippen molar-refractivity contribution in [1.29, 1.82) is 0 Å². The van der Waals surface area contributed by atoms with Crippen LogP contribution in [0.5, 0.6) is 0 Å². The van der Waals surface area contributed by atoms with E-state index in [1.54, 1.807) is 10.5 Å². The van der Waals surface area contributed by atoms with Crippen molar-refractivity contribution < 1.29 is 4.90 Å². The van der Waals surface area contributed by atoms with Gasteiger partial charge in [-0.2, -0.15) is 0 Å². The third kappa shape index (κ3) is 2.50. The summed E-state index contributed by atoms with van der Waals surface area (Å²) in [4.78, 5) is 20.1. The van der Waals surface area contributed by atoms with Crippen LogP contribution in [-0.2, 0) is 13.0 Å². The summed E-state index contributed by atoms with van der Waals surface area (Å²) in [5.41, 5.74) is 4.04. The summed E-state index contributed by atoms with van der Waals surface area (Å²) in [5.74, 6) is 0. The van der Waals surface area contributed by atoms with Crippen LogP contribution in [0.1, 0.15) is 34.8 Å². The van der Waals surface area contributed by atoms with Gasteiger partial charge in [0.1, 0.15) is 23.9 Å². The number of hydrogen-bond acceptors (Lipinski definition) is 3. The molecule has 4 nitrogen and oxygen atoms in total. The number of rotatable bonds is 2. The van der Waals surface area contributed by atoms with Crippen molar-refractivity contribution in [3.05, 3.63) is 67.9 Å². The zero-order chi connectivity index (χ0) is 16.0.